The van der Waals surface area contributed by atoms with Gasteiger partial charge in [0, 0.05) is 6.04 Å². The van der Waals surface area contributed by atoms with E-state index in [2.05, 4.69) is 12.2 Å². The fourth-order valence-corrected chi connectivity index (χ4v) is 1.80. The van der Waals surface area contributed by atoms with Crippen molar-refractivity contribution >= 4 is 11.9 Å². The van der Waals surface area contributed by atoms with Crippen molar-refractivity contribution in [1.82, 2.24) is 5.32 Å². The number of nitrogens with one attached hydrogen (secondary N) is 1. The van der Waals surface area contributed by atoms with Crippen molar-refractivity contribution in [3.05, 3.63) is 0 Å². The molecule has 0 spiro atoms. The predicted octanol–water partition coefficient (Wildman–Crippen LogP) is 0.622. The molecule has 3 unspecified atom stereocenters. The van der Waals surface area contributed by atoms with Crippen LogP contribution in [0.25, 0.3) is 0 Å². The molecule has 0 bridgehead atoms. The second-order valence-electron chi connectivity index (χ2n) is 3.80. The predicted molar refractivity (Wildman–Crippen MR) is 47.1 cm³/mol. The van der Waals surface area contributed by atoms with Crippen molar-refractivity contribution in [2.24, 2.45) is 11.8 Å². The Labute approximate surface area is 77.3 Å². The van der Waals surface area contributed by atoms with Gasteiger partial charge in [-0.2, -0.15) is 0 Å². The summed E-state index contributed by atoms with van der Waals surface area (Å²) < 4.78 is 0. The smallest absolute Gasteiger partial charge is 0.394 e. The molecule has 0 aromatic heterocycles. The van der Waals surface area contributed by atoms with Crippen molar-refractivity contribution in [3.8, 4) is 0 Å². The molecule has 13 heavy (non-hydrogen) atoms. The van der Waals surface area contributed by atoms with Crippen LogP contribution in [-0.2, 0) is 9.59 Å². The van der Waals surface area contributed by atoms with E-state index < -0.39 is 11.9 Å². The van der Waals surface area contributed by atoms with Gasteiger partial charge in [-0.05, 0) is 24.7 Å². The number of amides is 1. The van der Waals surface area contributed by atoms with E-state index in [1.54, 1.807) is 0 Å². The van der Waals surface area contributed by atoms with Gasteiger partial charge in [0.05, 0.1) is 0 Å². The molecule has 1 aliphatic carbocycles. The lowest BCUT2D eigenvalue weighted by Gasteiger charge is -2.18. The second kappa shape index (κ2) is 3.77. The highest BCUT2D eigenvalue weighted by Crippen LogP contribution is 2.30. The summed E-state index contributed by atoms with van der Waals surface area (Å²) in [6, 6.07) is 0.0404. The average Bonchev–Trinajstić information content (AvgIpc) is 2.36. The highest BCUT2D eigenvalue weighted by atomic mass is 16.4. The third-order valence-electron chi connectivity index (χ3n) is 2.98. The standard InChI is InChI=1S/C9H15NO3/c1-5-3-4-7(6(5)2)10-8(11)9(12)13/h5-7H,3-4H2,1-2H3,(H,10,11)(H,12,13). The van der Waals surface area contributed by atoms with Gasteiger partial charge in [-0.15, -0.1) is 0 Å². The lowest BCUT2D eigenvalue weighted by Crippen LogP contribution is -2.41. The Bertz CT molecular complexity index is 227. The summed E-state index contributed by atoms with van der Waals surface area (Å²) in [5, 5.41) is 10.9. The third-order valence-corrected chi connectivity index (χ3v) is 2.98. The highest BCUT2D eigenvalue weighted by Gasteiger charge is 2.31. The summed E-state index contributed by atoms with van der Waals surface area (Å²) >= 11 is 0. The van der Waals surface area contributed by atoms with E-state index in [-0.39, 0.29) is 6.04 Å². The van der Waals surface area contributed by atoms with E-state index in [9.17, 15) is 9.59 Å². The van der Waals surface area contributed by atoms with Crippen LogP contribution in [-0.4, -0.2) is 23.0 Å². The van der Waals surface area contributed by atoms with Crippen LogP contribution in [0, 0.1) is 11.8 Å². The maximum Gasteiger partial charge on any atom is 0.394 e. The highest BCUT2D eigenvalue weighted by molar-refractivity contribution is 6.31. The molecule has 1 saturated carbocycles. The van der Waals surface area contributed by atoms with Gasteiger partial charge in [0.2, 0.25) is 0 Å². The molecule has 0 aromatic carbocycles. The quantitative estimate of drug-likeness (QED) is 0.588. The molecular formula is C9H15NO3. The lowest BCUT2D eigenvalue weighted by molar-refractivity contribution is -0.150. The second-order valence-corrected chi connectivity index (χ2v) is 3.80. The van der Waals surface area contributed by atoms with Crippen molar-refractivity contribution in [2.45, 2.75) is 32.7 Å². The van der Waals surface area contributed by atoms with Gasteiger partial charge in [-0.3, -0.25) is 4.79 Å². The SMILES string of the molecule is CC1CCC(NC(=O)C(=O)O)C1C. The Morgan fingerprint density at radius 2 is 1.92 bits per heavy atom. The molecule has 1 fully saturated rings. The Morgan fingerprint density at radius 3 is 2.31 bits per heavy atom. The number of carbonyl (C=O) groups is 2. The number of carboxylic acid groups (broad SMARTS) is 1. The molecule has 0 radical (unpaired) electrons. The van der Waals surface area contributed by atoms with Crippen molar-refractivity contribution in [3.63, 3.8) is 0 Å². The molecular weight excluding hydrogens is 170 g/mol. The van der Waals surface area contributed by atoms with Crippen molar-refractivity contribution in [2.75, 3.05) is 0 Å². The number of carboxylic acids is 1. The van der Waals surface area contributed by atoms with E-state index in [1.165, 1.54) is 0 Å². The lowest BCUT2D eigenvalue weighted by atomic mass is 9.98. The molecule has 0 heterocycles. The first-order valence-electron chi connectivity index (χ1n) is 4.56. The minimum Gasteiger partial charge on any atom is -0.474 e. The maximum absolute atomic E-state index is 10.8. The molecule has 1 amide bonds. The molecule has 0 saturated heterocycles. The van der Waals surface area contributed by atoms with Crippen LogP contribution in [0.3, 0.4) is 0 Å². The Hall–Kier alpha value is -1.06. The third kappa shape index (κ3) is 2.20. The number of hydrogen-bond donors (Lipinski definition) is 2. The fourth-order valence-electron chi connectivity index (χ4n) is 1.80. The van der Waals surface area contributed by atoms with Crippen LogP contribution in [0.1, 0.15) is 26.7 Å². The van der Waals surface area contributed by atoms with Crippen LogP contribution in [0.15, 0.2) is 0 Å². The van der Waals surface area contributed by atoms with Gasteiger partial charge in [-0.1, -0.05) is 13.8 Å². The van der Waals surface area contributed by atoms with Gasteiger partial charge in [-0.25, -0.2) is 4.79 Å². The van der Waals surface area contributed by atoms with Gasteiger partial charge < -0.3 is 10.4 Å². The van der Waals surface area contributed by atoms with Gasteiger partial charge in [0.15, 0.2) is 0 Å². The van der Waals surface area contributed by atoms with Crippen LogP contribution >= 0.6 is 0 Å². The van der Waals surface area contributed by atoms with Gasteiger partial charge in [0.1, 0.15) is 0 Å². The summed E-state index contributed by atoms with van der Waals surface area (Å²) in [6.45, 7) is 4.17. The minimum atomic E-state index is -1.40. The topological polar surface area (TPSA) is 66.4 Å². The Kier molecular flexibility index (Phi) is 2.90. The van der Waals surface area contributed by atoms with E-state index in [4.69, 9.17) is 5.11 Å². The minimum absolute atomic E-state index is 0.0404. The average molecular weight is 185 g/mol. The summed E-state index contributed by atoms with van der Waals surface area (Å²) in [7, 11) is 0. The molecule has 4 nitrogen and oxygen atoms in total. The van der Waals surface area contributed by atoms with E-state index in [0.717, 1.165) is 12.8 Å². The zero-order chi connectivity index (χ0) is 10.0. The molecule has 4 heteroatoms. The maximum atomic E-state index is 10.8. The summed E-state index contributed by atoms with van der Waals surface area (Å²) in [4.78, 5) is 21.1. The monoisotopic (exact) mass is 185 g/mol. The first kappa shape index (κ1) is 10.0. The van der Waals surface area contributed by atoms with Crippen LogP contribution < -0.4 is 5.32 Å². The van der Waals surface area contributed by atoms with Crippen LogP contribution in [0.4, 0.5) is 0 Å². The fraction of sp³-hybridized carbons (Fsp3) is 0.778. The van der Waals surface area contributed by atoms with Gasteiger partial charge in [0.25, 0.3) is 0 Å². The summed E-state index contributed by atoms with van der Waals surface area (Å²) in [5.41, 5.74) is 0. The van der Waals surface area contributed by atoms with E-state index >= 15 is 0 Å². The molecule has 1 aliphatic rings. The van der Waals surface area contributed by atoms with Crippen molar-refractivity contribution < 1.29 is 14.7 Å². The molecule has 0 aliphatic heterocycles. The summed E-state index contributed by atoms with van der Waals surface area (Å²) in [5.74, 6) is -1.33. The number of hydrogen-bond acceptors (Lipinski definition) is 2. The number of rotatable bonds is 1. The van der Waals surface area contributed by atoms with E-state index in [1.807, 2.05) is 6.92 Å². The van der Waals surface area contributed by atoms with Crippen molar-refractivity contribution in [1.29, 1.82) is 0 Å². The Balaban J connectivity index is 2.47. The molecule has 1 rings (SSSR count). The normalized spacial score (nSPS) is 32.9. The van der Waals surface area contributed by atoms with Crippen LogP contribution in [0.5, 0.6) is 0 Å². The first-order chi connectivity index (χ1) is 6.02. The molecule has 0 aromatic rings. The molecule has 3 atom stereocenters. The molecule has 74 valence electrons. The largest absolute Gasteiger partial charge is 0.474 e. The van der Waals surface area contributed by atoms with E-state index in [0.29, 0.717) is 11.8 Å². The zero-order valence-electron chi connectivity index (χ0n) is 7.91. The van der Waals surface area contributed by atoms with Crippen LogP contribution in [0.2, 0.25) is 0 Å². The van der Waals surface area contributed by atoms with Gasteiger partial charge >= 0.3 is 11.9 Å². The first-order valence-corrected chi connectivity index (χ1v) is 4.56. The zero-order valence-corrected chi connectivity index (χ0v) is 7.91. The Morgan fingerprint density at radius 1 is 1.31 bits per heavy atom. The number of carbonyl (C=O) groups excluding carboxylic acids is 1. The number of aliphatic carboxylic acids is 1. The molecule has 2 N–H and O–H groups in total. The summed E-state index contributed by atoms with van der Waals surface area (Å²) in [6.07, 6.45) is 1.95.